The van der Waals surface area contributed by atoms with E-state index < -0.39 is 0 Å². The van der Waals surface area contributed by atoms with Crippen molar-refractivity contribution in [3.63, 3.8) is 0 Å². The zero-order chi connectivity index (χ0) is 18.5. The molecule has 0 N–H and O–H groups in total. The van der Waals surface area contributed by atoms with Crippen LogP contribution in [0.3, 0.4) is 0 Å². The molecule has 4 rings (SSSR count). The number of hydrogen-bond acceptors (Lipinski definition) is 4. The van der Waals surface area contributed by atoms with E-state index >= 15 is 0 Å². The van der Waals surface area contributed by atoms with Gasteiger partial charge in [-0.3, -0.25) is 14.2 Å². The molecule has 1 unspecified atom stereocenters. The Hall–Kier alpha value is -1.69. The van der Waals surface area contributed by atoms with E-state index in [-0.39, 0.29) is 23.4 Å². The molecule has 1 aliphatic heterocycles. The van der Waals surface area contributed by atoms with Crippen LogP contribution in [-0.2, 0) is 24.2 Å². The third-order valence-electron chi connectivity index (χ3n) is 6.02. The number of nitrogens with zero attached hydrogens (tertiary/aromatic N) is 3. The average Bonchev–Trinajstić information content (AvgIpc) is 3.23. The van der Waals surface area contributed by atoms with Crippen LogP contribution in [0.2, 0.25) is 0 Å². The topological polar surface area (TPSA) is 55.2 Å². The number of thiophene rings is 1. The molecule has 26 heavy (non-hydrogen) atoms. The van der Waals surface area contributed by atoms with Gasteiger partial charge in [0.2, 0.25) is 5.91 Å². The quantitative estimate of drug-likeness (QED) is 0.812. The second-order valence-electron chi connectivity index (χ2n) is 8.76. The Bertz CT molecular complexity index is 900. The van der Waals surface area contributed by atoms with Gasteiger partial charge in [0.05, 0.1) is 11.7 Å². The molecular formula is C20H27N3O2S. The Labute approximate surface area is 158 Å². The third kappa shape index (κ3) is 3.08. The standard InChI is InChI=1S/C20H27N3O2S/c1-20(2,3)13-6-7-14-15(10-13)26-18-17(14)19(25)23(12-21-18)11-16(24)22-8-4-5-9-22/h12-13H,4-11H2,1-3H3. The lowest BCUT2D eigenvalue weighted by Gasteiger charge is -2.33. The van der Waals surface area contributed by atoms with Crippen LogP contribution in [0.5, 0.6) is 0 Å². The second-order valence-corrected chi connectivity index (χ2v) is 9.84. The minimum absolute atomic E-state index is 0.0302. The Balaban J connectivity index is 1.66. The molecule has 140 valence electrons. The zero-order valence-electron chi connectivity index (χ0n) is 15.9. The molecule has 1 saturated heterocycles. The molecule has 2 aromatic heterocycles. The van der Waals surface area contributed by atoms with E-state index in [9.17, 15) is 9.59 Å². The van der Waals surface area contributed by atoms with Crippen molar-refractivity contribution in [2.24, 2.45) is 11.3 Å². The van der Waals surface area contributed by atoms with Crippen molar-refractivity contribution >= 4 is 27.5 Å². The molecule has 0 aromatic carbocycles. The molecule has 0 bridgehead atoms. The highest BCUT2D eigenvalue weighted by Crippen LogP contribution is 2.41. The van der Waals surface area contributed by atoms with Gasteiger partial charge in [-0.05, 0) is 49.0 Å². The van der Waals surface area contributed by atoms with Crippen LogP contribution in [0, 0.1) is 11.3 Å². The maximum atomic E-state index is 13.0. The molecule has 2 aromatic rings. The maximum Gasteiger partial charge on any atom is 0.262 e. The van der Waals surface area contributed by atoms with Gasteiger partial charge in [0, 0.05) is 18.0 Å². The smallest absolute Gasteiger partial charge is 0.262 e. The Morgan fingerprint density at radius 1 is 1.31 bits per heavy atom. The molecule has 6 heteroatoms. The molecule has 0 radical (unpaired) electrons. The second kappa shape index (κ2) is 6.48. The van der Waals surface area contributed by atoms with E-state index in [1.807, 2.05) is 4.90 Å². The summed E-state index contributed by atoms with van der Waals surface area (Å²) >= 11 is 1.67. The summed E-state index contributed by atoms with van der Waals surface area (Å²) in [6.07, 6.45) is 6.77. The molecular weight excluding hydrogens is 346 g/mol. The number of aryl methyl sites for hydroxylation is 1. The van der Waals surface area contributed by atoms with Gasteiger partial charge >= 0.3 is 0 Å². The molecule has 0 spiro atoms. The summed E-state index contributed by atoms with van der Waals surface area (Å²) in [7, 11) is 0. The Kier molecular flexibility index (Phi) is 4.41. The van der Waals surface area contributed by atoms with Gasteiger partial charge in [-0.25, -0.2) is 4.98 Å². The lowest BCUT2D eigenvalue weighted by Crippen LogP contribution is -2.34. The minimum atomic E-state index is -0.0470. The minimum Gasteiger partial charge on any atom is -0.341 e. The van der Waals surface area contributed by atoms with Crippen LogP contribution < -0.4 is 5.56 Å². The lowest BCUT2D eigenvalue weighted by atomic mass is 9.72. The van der Waals surface area contributed by atoms with Crippen LogP contribution >= 0.6 is 11.3 Å². The molecule has 1 aliphatic carbocycles. The first kappa shape index (κ1) is 17.7. The van der Waals surface area contributed by atoms with Crippen LogP contribution in [0.4, 0.5) is 0 Å². The lowest BCUT2D eigenvalue weighted by molar-refractivity contribution is -0.130. The van der Waals surface area contributed by atoms with E-state index in [2.05, 4.69) is 25.8 Å². The molecule has 2 aliphatic rings. The summed E-state index contributed by atoms with van der Waals surface area (Å²) in [4.78, 5) is 34.0. The predicted octanol–water partition coefficient (Wildman–Crippen LogP) is 3.23. The van der Waals surface area contributed by atoms with E-state index in [1.54, 1.807) is 17.7 Å². The van der Waals surface area contributed by atoms with Gasteiger partial charge in [-0.15, -0.1) is 11.3 Å². The number of carbonyl (C=O) groups excluding carboxylic acids is 1. The summed E-state index contributed by atoms with van der Waals surface area (Å²) < 4.78 is 1.51. The van der Waals surface area contributed by atoms with Crippen molar-refractivity contribution in [1.82, 2.24) is 14.5 Å². The molecule has 5 nitrogen and oxygen atoms in total. The van der Waals surface area contributed by atoms with Gasteiger partial charge < -0.3 is 4.90 Å². The number of likely N-dealkylation sites (tertiary alicyclic amines) is 1. The van der Waals surface area contributed by atoms with Crippen LogP contribution in [0.1, 0.15) is 50.5 Å². The molecule has 1 atom stereocenters. The van der Waals surface area contributed by atoms with E-state index in [4.69, 9.17) is 0 Å². The van der Waals surface area contributed by atoms with Crippen molar-refractivity contribution in [3.05, 3.63) is 27.1 Å². The summed E-state index contributed by atoms with van der Waals surface area (Å²) in [5.74, 6) is 0.671. The van der Waals surface area contributed by atoms with Crippen molar-refractivity contribution < 1.29 is 4.79 Å². The Morgan fingerprint density at radius 2 is 2.04 bits per heavy atom. The van der Waals surface area contributed by atoms with Crippen molar-refractivity contribution in [3.8, 4) is 0 Å². The largest absolute Gasteiger partial charge is 0.341 e. The average molecular weight is 374 g/mol. The predicted molar refractivity (Wildman–Crippen MR) is 105 cm³/mol. The first-order valence-electron chi connectivity index (χ1n) is 9.62. The van der Waals surface area contributed by atoms with Gasteiger partial charge in [-0.2, -0.15) is 0 Å². The summed E-state index contributed by atoms with van der Waals surface area (Å²) in [6.45, 7) is 8.62. The van der Waals surface area contributed by atoms with Crippen molar-refractivity contribution in [2.45, 2.75) is 59.4 Å². The van der Waals surface area contributed by atoms with Crippen LogP contribution in [-0.4, -0.2) is 33.4 Å². The summed E-state index contributed by atoms with van der Waals surface area (Å²) in [5, 5.41) is 0.758. The number of carbonyl (C=O) groups is 1. The van der Waals surface area contributed by atoms with E-state index in [0.29, 0.717) is 5.92 Å². The summed E-state index contributed by atoms with van der Waals surface area (Å²) in [6, 6.07) is 0. The fourth-order valence-electron chi connectivity index (χ4n) is 4.27. The van der Waals surface area contributed by atoms with Gasteiger partial charge in [0.25, 0.3) is 5.56 Å². The van der Waals surface area contributed by atoms with Gasteiger partial charge in [-0.1, -0.05) is 20.8 Å². The normalized spacial score (nSPS) is 20.6. The van der Waals surface area contributed by atoms with E-state index in [0.717, 1.165) is 55.4 Å². The first-order chi connectivity index (χ1) is 12.3. The Morgan fingerprint density at radius 3 is 2.73 bits per heavy atom. The highest BCUT2D eigenvalue weighted by Gasteiger charge is 2.32. The van der Waals surface area contributed by atoms with Crippen molar-refractivity contribution in [1.29, 1.82) is 0 Å². The molecule has 1 fully saturated rings. The number of amides is 1. The fraction of sp³-hybridized carbons (Fsp3) is 0.650. The monoisotopic (exact) mass is 373 g/mol. The molecule has 3 heterocycles. The van der Waals surface area contributed by atoms with E-state index in [1.165, 1.54) is 15.0 Å². The number of aromatic nitrogens is 2. The zero-order valence-corrected chi connectivity index (χ0v) is 16.7. The number of hydrogen-bond donors (Lipinski definition) is 0. The van der Waals surface area contributed by atoms with Gasteiger partial charge in [0.1, 0.15) is 11.4 Å². The van der Waals surface area contributed by atoms with Gasteiger partial charge in [0.15, 0.2) is 0 Å². The van der Waals surface area contributed by atoms with Crippen LogP contribution in [0.25, 0.3) is 10.2 Å². The number of fused-ring (bicyclic) bond motifs is 3. The number of rotatable bonds is 2. The molecule has 0 saturated carbocycles. The highest BCUT2D eigenvalue weighted by molar-refractivity contribution is 7.18. The maximum absolute atomic E-state index is 13.0. The van der Waals surface area contributed by atoms with Crippen molar-refractivity contribution in [2.75, 3.05) is 13.1 Å². The third-order valence-corrected chi connectivity index (χ3v) is 7.19. The SMILES string of the molecule is CC(C)(C)C1CCc2c(sc3ncn(CC(=O)N4CCCC4)c(=O)c23)C1. The fourth-order valence-corrected chi connectivity index (χ4v) is 5.52. The van der Waals surface area contributed by atoms with Crippen LogP contribution in [0.15, 0.2) is 11.1 Å². The first-order valence-corrected chi connectivity index (χ1v) is 10.4. The molecule has 1 amide bonds. The summed E-state index contributed by atoms with van der Waals surface area (Å²) in [5.41, 5.74) is 1.42. The highest BCUT2D eigenvalue weighted by atomic mass is 32.1.